The fourth-order valence-corrected chi connectivity index (χ4v) is 1.03. The Hall–Kier alpha value is -1.38. The van der Waals surface area contributed by atoms with Crippen molar-refractivity contribution in [2.75, 3.05) is 0 Å². The molecule has 0 atom stereocenters. The zero-order chi connectivity index (χ0) is 12.6. The Morgan fingerprint density at radius 3 is 1.12 bits per heavy atom. The molecule has 0 spiro atoms. The summed E-state index contributed by atoms with van der Waals surface area (Å²) in [4.78, 5) is 20.8. The van der Waals surface area contributed by atoms with E-state index in [1.807, 2.05) is 0 Å². The smallest absolute Gasteiger partial charge is 0.339 e. The van der Waals surface area contributed by atoms with Crippen molar-refractivity contribution in [3.05, 3.63) is 34.4 Å². The molecular formula is C8H2AgF4O4. The molecule has 0 heterocycles. The molecule has 0 fully saturated rings. The molecule has 2 N–H and O–H groups in total. The van der Waals surface area contributed by atoms with Gasteiger partial charge in [-0.2, -0.15) is 0 Å². The van der Waals surface area contributed by atoms with Gasteiger partial charge in [-0.25, -0.2) is 27.2 Å². The number of carbonyl (C=O) groups is 2. The van der Waals surface area contributed by atoms with Crippen molar-refractivity contribution >= 4 is 11.9 Å². The number of benzene rings is 1. The molecule has 1 aromatic rings. The zero-order valence-electron chi connectivity index (χ0n) is 7.52. The van der Waals surface area contributed by atoms with Gasteiger partial charge in [0, 0.05) is 22.4 Å². The van der Waals surface area contributed by atoms with Gasteiger partial charge >= 0.3 is 11.9 Å². The van der Waals surface area contributed by atoms with Gasteiger partial charge in [0.1, 0.15) is 11.1 Å². The number of rotatable bonds is 2. The van der Waals surface area contributed by atoms with Gasteiger partial charge in [-0.05, 0) is 0 Å². The molecule has 0 aliphatic carbocycles. The van der Waals surface area contributed by atoms with Crippen LogP contribution in [0.4, 0.5) is 17.6 Å². The van der Waals surface area contributed by atoms with E-state index in [0.717, 1.165) is 0 Å². The molecule has 0 aromatic heterocycles. The van der Waals surface area contributed by atoms with E-state index in [1.165, 1.54) is 0 Å². The summed E-state index contributed by atoms with van der Waals surface area (Å²) >= 11 is 0. The quantitative estimate of drug-likeness (QED) is 0.370. The Morgan fingerprint density at radius 1 is 0.706 bits per heavy atom. The van der Waals surface area contributed by atoms with Crippen molar-refractivity contribution in [1.82, 2.24) is 0 Å². The maximum absolute atomic E-state index is 12.9. The Balaban J connectivity index is 0.00000256. The van der Waals surface area contributed by atoms with Crippen LogP contribution in [0, 0.1) is 23.3 Å². The standard InChI is InChI=1S/C8H2F4O4.Ag/c9-3-1(7(13)14)2(8(15)16)4(10)6(12)5(3)11;/h(H,13,14)(H,15,16);. The molecule has 0 amide bonds. The molecule has 0 unspecified atom stereocenters. The van der Waals surface area contributed by atoms with Crippen molar-refractivity contribution < 1.29 is 59.7 Å². The number of aromatic carboxylic acids is 2. The van der Waals surface area contributed by atoms with Crippen LogP contribution in [0.1, 0.15) is 20.7 Å². The van der Waals surface area contributed by atoms with Crippen molar-refractivity contribution in [2.24, 2.45) is 0 Å². The number of carboxylic acid groups (broad SMARTS) is 2. The summed E-state index contributed by atoms with van der Waals surface area (Å²) in [5.74, 6) is -13.7. The van der Waals surface area contributed by atoms with Crippen LogP contribution >= 0.6 is 0 Å². The summed E-state index contributed by atoms with van der Waals surface area (Å²) < 4.78 is 51.0. The van der Waals surface area contributed by atoms with E-state index >= 15 is 0 Å². The van der Waals surface area contributed by atoms with Crippen molar-refractivity contribution in [2.45, 2.75) is 0 Å². The maximum atomic E-state index is 12.9. The molecule has 0 bridgehead atoms. The molecule has 17 heavy (non-hydrogen) atoms. The van der Waals surface area contributed by atoms with Gasteiger partial charge in [0.05, 0.1) is 0 Å². The van der Waals surface area contributed by atoms with E-state index in [1.54, 1.807) is 0 Å². The fourth-order valence-electron chi connectivity index (χ4n) is 1.03. The van der Waals surface area contributed by atoms with Gasteiger partial charge in [-0.1, -0.05) is 0 Å². The summed E-state index contributed by atoms with van der Waals surface area (Å²) in [5.41, 5.74) is -3.52. The first kappa shape index (κ1) is 15.6. The van der Waals surface area contributed by atoms with Gasteiger partial charge in [-0.3, -0.25) is 0 Å². The summed E-state index contributed by atoms with van der Waals surface area (Å²) in [5, 5.41) is 16.8. The Bertz CT molecular complexity index is 458. The minimum atomic E-state index is -2.38. The Labute approximate surface area is 106 Å². The third kappa shape index (κ3) is 2.48. The zero-order valence-corrected chi connectivity index (χ0v) is 9.01. The molecule has 0 saturated carbocycles. The summed E-state index contributed by atoms with van der Waals surface area (Å²) in [6, 6.07) is 0. The molecule has 9 heteroatoms. The van der Waals surface area contributed by atoms with Crippen LogP contribution in [0.15, 0.2) is 0 Å². The van der Waals surface area contributed by atoms with Crippen LogP contribution in [0.25, 0.3) is 0 Å². The predicted molar refractivity (Wildman–Crippen MR) is 40.2 cm³/mol. The van der Waals surface area contributed by atoms with Gasteiger partial charge < -0.3 is 10.2 Å². The molecule has 1 rings (SSSR count). The molecule has 4 nitrogen and oxygen atoms in total. The summed E-state index contributed by atoms with van der Waals surface area (Å²) in [7, 11) is 0. The van der Waals surface area contributed by atoms with Crippen LogP contribution in [0.3, 0.4) is 0 Å². The third-order valence-corrected chi connectivity index (χ3v) is 1.69. The second kappa shape index (κ2) is 5.30. The number of halogens is 4. The molecular weight excluding hydrogens is 344 g/mol. The molecule has 97 valence electrons. The Kier molecular flexibility index (Phi) is 4.87. The predicted octanol–water partition coefficient (Wildman–Crippen LogP) is 1.64. The topological polar surface area (TPSA) is 74.6 Å². The van der Waals surface area contributed by atoms with E-state index < -0.39 is 46.3 Å². The van der Waals surface area contributed by atoms with Crippen LogP contribution < -0.4 is 0 Å². The van der Waals surface area contributed by atoms with Crippen molar-refractivity contribution in [3.63, 3.8) is 0 Å². The average molecular weight is 346 g/mol. The number of carboxylic acids is 2. The van der Waals surface area contributed by atoms with Crippen LogP contribution in [0.2, 0.25) is 0 Å². The van der Waals surface area contributed by atoms with Gasteiger partial charge in [-0.15, -0.1) is 0 Å². The SMILES string of the molecule is O=C(O)c1c(F)c(F)c(F)c(F)c1C(=O)O.[Ag]. The molecule has 0 aliphatic heterocycles. The van der Waals surface area contributed by atoms with Crippen LogP contribution in [0.5, 0.6) is 0 Å². The second-order valence-electron chi connectivity index (χ2n) is 2.62. The number of hydrogen-bond donors (Lipinski definition) is 2. The van der Waals surface area contributed by atoms with Crippen LogP contribution in [-0.4, -0.2) is 22.2 Å². The van der Waals surface area contributed by atoms with Crippen molar-refractivity contribution in [1.29, 1.82) is 0 Å². The Morgan fingerprint density at radius 2 is 0.941 bits per heavy atom. The van der Waals surface area contributed by atoms with E-state index in [-0.39, 0.29) is 22.4 Å². The molecule has 0 aliphatic rings. The summed E-state index contributed by atoms with van der Waals surface area (Å²) in [6.07, 6.45) is 0. The van der Waals surface area contributed by atoms with E-state index in [4.69, 9.17) is 10.2 Å². The van der Waals surface area contributed by atoms with Crippen molar-refractivity contribution in [3.8, 4) is 0 Å². The maximum Gasteiger partial charge on any atom is 0.339 e. The molecule has 1 aromatic carbocycles. The average Bonchev–Trinajstić information content (AvgIpc) is 2.18. The van der Waals surface area contributed by atoms with Gasteiger partial charge in [0.25, 0.3) is 0 Å². The largest absolute Gasteiger partial charge is 0.478 e. The summed E-state index contributed by atoms with van der Waals surface area (Å²) in [6.45, 7) is 0. The third-order valence-electron chi connectivity index (χ3n) is 1.69. The number of hydrogen-bond acceptors (Lipinski definition) is 2. The van der Waals surface area contributed by atoms with E-state index in [0.29, 0.717) is 0 Å². The molecule has 0 saturated heterocycles. The normalized spacial score (nSPS) is 9.65. The fraction of sp³-hybridized carbons (Fsp3) is 0. The monoisotopic (exact) mass is 345 g/mol. The minimum Gasteiger partial charge on any atom is -0.478 e. The minimum absolute atomic E-state index is 0. The van der Waals surface area contributed by atoms with Gasteiger partial charge in [0.2, 0.25) is 0 Å². The van der Waals surface area contributed by atoms with Crippen LogP contribution in [-0.2, 0) is 22.4 Å². The first-order valence-electron chi connectivity index (χ1n) is 3.61. The van der Waals surface area contributed by atoms with Gasteiger partial charge in [0.15, 0.2) is 23.3 Å². The van der Waals surface area contributed by atoms with E-state index in [2.05, 4.69) is 0 Å². The first-order valence-corrected chi connectivity index (χ1v) is 3.61. The van der Waals surface area contributed by atoms with E-state index in [9.17, 15) is 27.2 Å². The molecule has 1 radical (unpaired) electrons. The second-order valence-corrected chi connectivity index (χ2v) is 2.62. The first-order chi connectivity index (χ1) is 7.29.